The highest BCUT2D eigenvalue weighted by Crippen LogP contribution is 2.19. The maximum atomic E-state index is 12.5. The number of rotatable bonds is 5. The average Bonchev–Trinajstić information content (AvgIpc) is 3.03. The van der Waals surface area contributed by atoms with Crippen molar-refractivity contribution in [2.75, 3.05) is 13.7 Å². The van der Waals surface area contributed by atoms with Gasteiger partial charge in [0.2, 0.25) is 0 Å². The highest BCUT2D eigenvalue weighted by molar-refractivity contribution is 6.04. The number of amides is 1. The van der Waals surface area contributed by atoms with E-state index in [1.165, 1.54) is 4.90 Å². The van der Waals surface area contributed by atoms with E-state index in [-0.39, 0.29) is 12.5 Å². The quantitative estimate of drug-likeness (QED) is 0.659. The second-order valence-electron chi connectivity index (χ2n) is 6.17. The molecule has 0 aliphatic rings. The van der Waals surface area contributed by atoms with Gasteiger partial charge in [0.25, 0.3) is 5.91 Å². The van der Waals surface area contributed by atoms with Crippen molar-refractivity contribution in [1.29, 1.82) is 0 Å². The van der Waals surface area contributed by atoms with Crippen LogP contribution in [0.1, 0.15) is 27.6 Å². The van der Waals surface area contributed by atoms with Gasteiger partial charge in [0, 0.05) is 18.1 Å². The first kappa shape index (κ1) is 17.7. The average molecular weight is 352 g/mol. The van der Waals surface area contributed by atoms with Crippen molar-refractivity contribution in [2.45, 2.75) is 20.4 Å². The van der Waals surface area contributed by atoms with E-state index < -0.39 is 5.97 Å². The number of nitrogens with zero attached hydrogens (tertiary/aromatic N) is 2. The van der Waals surface area contributed by atoms with E-state index in [0.29, 0.717) is 28.9 Å². The first-order chi connectivity index (χ1) is 12.4. The van der Waals surface area contributed by atoms with Crippen LogP contribution in [-0.4, -0.2) is 35.4 Å². The summed E-state index contributed by atoms with van der Waals surface area (Å²) >= 11 is 0. The van der Waals surface area contributed by atoms with E-state index in [2.05, 4.69) is 4.98 Å². The zero-order chi connectivity index (χ0) is 18.7. The SMILES string of the molecule is Cc1cc(C(=O)OCC(=O)N(C)Cc2ccc(C)o2)c2ccccc2n1. The first-order valence-electron chi connectivity index (χ1n) is 8.27. The summed E-state index contributed by atoms with van der Waals surface area (Å²) in [7, 11) is 1.64. The number of hydrogen-bond acceptors (Lipinski definition) is 5. The molecule has 6 nitrogen and oxygen atoms in total. The van der Waals surface area contributed by atoms with Crippen LogP contribution in [0.25, 0.3) is 10.9 Å². The van der Waals surface area contributed by atoms with Crippen molar-refractivity contribution in [3.8, 4) is 0 Å². The number of benzene rings is 1. The monoisotopic (exact) mass is 352 g/mol. The minimum Gasteiger partial charge on any atom is -0.464 e. The third-order valence-electron chi connectivity index (χ3n) is 4.01. The molecule has 0 atom stereocenters. The fourth-order valence-corrected chi connectivity index (χ4v) is 2.68. The van der Waals surface area contributed by atoms with Crippen LogP contribution < -0.4 is 0 Å². The second-order valence-corrected chi connectivity index (χ2v) is 6.17. The number of aromatic nitrogens is 1. The molecular weight excluding hydrogens is 332 g/mol. The van der Waals surface area contributed by atoms with Crippen molar-refractivity contribution in [2.24, 2.45) is 0 Å². The zero-order valence-corrected chi connectivity index (χ0v) is 15.0. The van der Waals surface area contributed by atoms with Crippen LogP contribution in [0.4, 0.5) is 0 Å². The number of carbonyl (C=O) groups is 2. The Morgan fingerprint density at radius 2 is 1.92 bits per heavy atom. The molecule has 3 aromatic rings. The van der Waals surface area contributed by atoms with Gasteiger partial charge in [-0.25, -0.2) is 4.79 Å². The number of fused-ring (bicyclic) bond motifs is 1. The van der Waals surface area contributed by atoms with Gasteiger partial charge in [0.1, 0.15) is 11.5 Å². The van der Waals surface area contributed by atoms with Gasteiger partial charge in [-0.15, -0.1) is 0 Å². The lowest BCUT2D eigenvalue weighted by Crippen LogP contribution is -2.30. The van der Waals surface area contributed by atoms with Crippen LogP contribution >= 0.6 is 0 Å². The van der Waals surface area contributed by atoms with Gasteiger partial charge < -0.3 is 14.1 Å². The van der Waals surface area contributed by atoms with E-state index in [1.54, 1.807) is 13.1 Å². The summed E-state index contributed by atoms with van der Waals surface area (Å²) in [5, 5.41) is 0.704. The second kappa shape index (κ2) is 7.39. The van der Waals surface area contributed by atoms with E-state index in [9.17, 15) is 9.59 Å². The first-order valence-corrected chi connectivity index (χ1v) is 8.27. The van der Waals surface area contributed by atoms with Crippen LogP contribution in [0.15, 0.2) is 46.9 Å². The predicted octanol–water partition coefficient (Wildman–Crippen LogP) is 3.26. The Morgan fingerprint density at radius 3 is 2.65 bits per heavy atom. The molecule has 134 valence electrons. The van der Waals surface area contributed by atoms with Crippen molar-refractivity contribution < 1.29 is 18.7 Å². The van der Waals surface area contributed by atoms with Crippen molar-refractivity contribution in [1.82, 2.24) is 9.88 Å². The number of carbonyl (C=O) groups excluding carboxylic acids is 2. The fourth-order valence-electron chi connectivity index (χ4n) is 2.68. The molecule has 0 spiro atoms. The molecule has 3 rings (SSSR count). The Kier molecular flexibility index (Phi) is 5.02. The summed E-state index contributed by atoms with van der Waals surface area (Å²) in [6.45, 7) is 3.65. The number of likely N-dealkylation sites (N-methyl/N-ethyl adjacent to an activating group) is 1. The Labute approximate surface area is 151 Å². The highest BCUT2D eigenvalue weighted by atomic mass is 16.5. The molecule has 0 radical (unpaired) electrons. The van der Waals surface area contributed by atoms with Gasteiger partial charge >= 0.3 is 5.97 Å². The van der Waals surface area contributed by atoms with Crippen LogP contribution in [0.2, 0.25) is 0 Å². The summed E-state index contributed by atoms with van der Waals surface area (Å²) in [5.74, 6) is 0.623. The van der Waals surface area contributed by atoms with E-state index >= 15 is 0 Å². The molecular formula is C20H20N2O4. The molecule has 2 heterocycles. The minimum atomic E-state index is -0.540. The van der Waals surface area contributed by atoms with E-state index in [0.717, 1.165) is 11.3 Å². The summed E-state index contributed by atoms with van der Waals surface area (Å²) in [4.78, 5) is 30.5. The minimum absolute atomic E-state index is 0.303. The Balaban J connectivity index is 1.66. The normalized spacial score (nSPS) is 10.7. The smallest absolute Gasteiger partial charge is 0.339 e. The van der Waals surface area contributed by atoms with Crippen LogP contribution in [0.5, 0.6) is 0 Å². The number of hydrogen-bond donors (Lipinski definition) is 0. The number of furan rings is 1. The molecule has 0 aliphatic carbocycles. The molecule has 2 aromatic heterocycles. The lowest BCUT2D eigenvalue weighted by atomic mass is 10.1. The molecule has 1 aromatic carbocycles. The van der Waals surface area contributed by atoms with E-state index in [1.807, 2.05) is 50.2 Å². The molecule has 26 heavy (non-hydrogen) atoms. The standard InChI is InChI=1S/C20H20N2O4/c1-13-10-17(16-6-4-5-7-18(16)21-13)20(24)25-12-19(23)22(3)11-15-9-8-14(2)26-15/h4-10H,11-12H2,1-3H3. The van der Waals surface area contributed by atoms with E-state index in [4.69, 9.17) is 9.15 Å². The van der Waals surface area contributed by atoms with Gasteiger partial charge in [-0.1, -0.05) is 18.2 Å². The predicted molar refractivity (Wildman–Crippen MR) is 96.7 cm³/mol. The van der Waals surface area contributed by atoms with Crippen LogP contribution in [0.3, 0.4) is 0 Å². The lowest BCUT2D eigenvalue weighted by molar-refractivity contribution is -0.133. The number of para-hydroxylation sites is 1. The molecule has 0 saturated heterocycles. The summed E-state index contributed by atoms with van der Waals surface area (Å²) in [5.41, 5.74) is 1.84. The summed E-state index contributed by atoms with van der Waals surface area (Å²) in [6.07, 6.45) is 0. The molecule has 0 N–H and O–H groups in total. The van der Waals surface area contributed by atoms with Gasteiger partial charge in [0.05, 0.1) is 17.6 Å². The maximum Gasteiger partial charge on any atom is 0.339 e. The largest absolute Gasteiger partial charge is 0.464 e. The Morgan fingerprint density at radius 1 is 1.15 bits per heavy atom. The van der Waals surface area contributed by atoms with Crippen LogP contribution in [0, 0.1) is 13.8 Å². The van der Waals surface area contributed by atoms with Crippen molar-refractivity contribution in [3.63, 3.8) is 0 Å². The Hall–Kier alpha value is -3.15. The van der Waals surface area contributed by atoms with Crippen molar-refractivity contribution in [3.05, 3.63) is 65.2 Å². The highest BCUT2D eigenvalue weighted by Gasteiger charge is 2.17. The molecule has 0 saturated carbocycles. The van der Waals surface area contributed by atoms with Gasteiger partial charge in [-0.3, -0.25) is 9.78 Å². The van der Waals surface area contributed by atoms with Crippen molar-refractivity contribution >= 4 is 22.8 Å². The molecule has 0 aliphatic heterocycles. The third-order valence-corrected chi connectivity index (χ3v) is 4.01. The maximum absolute atomic E-state index is 12.5. The topological polar surface area (TPSA) is 72.6 Å². The zero-order valence-electron chi connectivity index (χ0n) is 15.0. The lowest BCUT2D eigenvalue weighted by Gasteiger charge is -2.16. The van der Waals surface area contributed by atoms with Gasteiger partial charge in [-0.2, -0.15) is 0 Å². The molecule has 0 fully saturated rings. The molecule has 6 heteroatoms. The van der Waals surface area contributed by atoms with Gasteiger partial charge in [-0.05, 0) is 38.1 Å². The third kappa shape index (κ3) is 3.91. The summed E-state index contributed by atoms with van der Waals surface area (Å²) < 4.78 is 10.7. The number of esters is 1. The van der Waals surface area contributed by atoms with Crippen LogP contribution in [-0.2, 0) is 16.1 Å². The Bertz CT molecular complexity index is 961. The molecule has 0 unspecified atom stereocenters. The molecule has 0 bridgehead atoms. The van der Waals surface area contributed by atoms with Gasteiger partial charge in [0.15, 0.2) is 6.61 Å². The fraction of sp³-hybridized carbons (Fsp3) is 0.250. The summed E-state index contributed by atoms with van der Waals surface area (Å²) in [6, 6.07) is 12.7. The number of pyridine rings is 1. The number of aryl methyl sites for hydroxylation is 2. The molecule has 1 amide bonds. The number of ether oxygens (including phenoxy) is 1.